The summed E-state index contributed by atoms with van der Waals surface area (Å²) in [7, 11) is 0. The molecule has 0 fully saturated rings. The van der Waals surface area contributed by atoms with E-state index in [0.29, 0.717) is 22.5 Å². The molecule has 2 aromatic carbocycles. The first-order valence-electron chi connectivity index (χ1n) is 9.40. The van der Waals surface area contributed by atoms with Gasteiger partial charge in [0.2, 0.25) is 5.91 Å². The molecule has 0 saturated carbocycles. The molecule has 6 nitrogen and oxygen atoms in total. The minimum atomic E-state index is -0.138. The van der Waals surface area contributed by atoms with Gasteiger partial charge in [-0.05, 0) is 64.8 Å². The van der Waals surface area contributed by atoms with Crippen LogP contribution in [-0.2, 0) is 11.3 Å². The quantitative estimate of drug-likeness (QED) is 0.303. The maximum absolute atomic E-state index is 12.5. The number of nitrogens with one attached hydrogen (secondary N) is 1. The van der Waals surface area contributed by atoms with Gasteiger partial charge in [-0.1, -0.05) is 41.6 Å². The summed E-state index contributed by atoms with van der Waals surface area (Å²) in [4.78, 5) is 12.5. The lowest BCUT2D eigenvalue weighted by Crippen LogP contribution is -2.15. The number of halogens is 2. The average molecular weight is 518 g/mol. The van der Waals surface area contributed by atoms with Crippen molar-refractivity contribution in [2.24, 2.45) is 0 Å². The molecule has 0 atom stereocenters. The van der Waals surface area contributed by atoms with E-state index in [1.807, 2.05) is 66.1 Å². The van der Waals surface area contributed by atoms with Gasteiger partial charge in [0, 0.05) is 10.0 Å². The SMILES string of the molecule is Cc1ccc(NC(=O)CSc2nnc(-c3ccccc3Cl)n2Cc2ccco2)c(Br)c1. The fourth-order valence-corrected chi connectivity index (χ4v) is 4.53. The fourth-order valence-electron chi connectivity index (χ4n) is 2.98. The van der Waals surface area contributed by atoms with Crippen molar-refractivity contribution in [3.8, 4) is 11.4 Å². The Bertz CT molecular complexity index is 1210. The molecule has 4 rings (SSSR count). The Morgan fingerprint density at radius 1 is 1.19 bits per heavy atom. The highest BCUT2D eigenvalue weighted by atomic mass is 79.9. The number of aromatic nitrogens is 3. The molecule has 31 heavy (non-hydrogen) atoms. The summed E-state index contributed by atoms with van der Waals surface area (Å²) in [5.74, 6) is 1.41. The van der Waals surface area contributed by atoms with Crippen LogP contribution in [0.25, 0.3) is 11.4 Å². The predicted molar refractivity (Wildman–Crippen MR) is 127 cm³/mol. The lowest BCUT2D eigenvalue weighted by atomic mass is 10.2. The smallest absolute Gasteiger partial charge is 0.234 e. The molecule has 9 heteroatoms. The van der Waals surface area contributed by atoms with Crippen LogP contribution in [0.15, 0.2) is 74.9 Å². The summed E-state index contributed by atoms with van der Waals surface area (Å²) in [6.07, 6.45) is 1.62. The molecule has 0 radical (unpaired) electrons. The average Bonchev–Trinajstić information content (AvgIpc) is 3.40. The van der Waals surface area contributed by atoms with Gasteiger partial charge in [-0.25, -0.2) is 0 Å². The van der Waals surface area contributed by atoms with Crippen LogP contribution in [0.4, 0.5) is 5.69 Å². The van der Waals surface area contributed by atoms with Gasteiger partial charge in [0.1, 0.15) is 5.76 Å². The maximum atomic E-state index is 12.5. The van der Waals surface area contributed by atoms with Crippen LogP contribution in [0.1, 0.15) is 11.3 Å². The Labute approximate surface area is 197 Å². The highest BCUT2D eigenvalue weighted by molar-refractivity contribution is 9.10. The molecular weight excluding hydrogens is 500 g/mol. The molecule has 1 N–H and O–H groups in total. The van der Waals surface area contributed by atoms with E-state index in [1.165, 1.54) is 11.8 Å². The van der Waals surface area contributed by atoms with Gasteiger partial charge in [-0.2, -0.15) is 0 Å². The number of anilines is 1. The molecule has 0 aliphatic heterocycles. The zero-order valence-corrected chi connectivity index (χ0v) is 19.7. The van der Waals surface area contributed by atoms with Gasteiger partial charge in [-0.15, -0.1) is 10.2 Å². The van der Waals surface area contributed by atoms with E-state index in [2.05, 4.69) is 31.4 Å². The third kappa shape index (κ3) is 5.20. The van der Waals surface area contributed by atoms with Crippen molar-refractivity contribution in [3.63, 3.8) is 0 Å². The first kappa shape index (κ1) is 21.7. The molecule has 0 saturated heterocycles. The monoisotopic (exact) mass is 516 g/mol. The molecule has 158 valence electrons. The van der Waals surface area contributed by atoms with Gasteiger partial charge < -0.3 is 9.73 Å². The summed E-state index contributed by atoms with van der Waals surface area (Å²) < 4.78 is 8.25. The zero-order valence-electron chi connectivity index (χ0n) is 16.5. The van der Waals surface area contributed by atoms with Crippen molar-refractivity contribution in [2.45, 2.75) is 18.6 Å². The molecule has 0 aliphatic rings. The molecule has 0 aliphatic carbocycles. The van der Waals surface area contributed by atoms with Crippen molar-refractivity contribution < 1.29 is 9.21 Å². The minimum Gasteiger partial charge on any atom is -0.467 e. The second kappa shape index (κ2) is 9.72. The summed E-state index contributed by atoms with van der Waals surface area (Å²) in [6, 6.07) is 16.9. The van der Waals surface area contributed by atoms with Gasteiger partial charge in [-0.3, -0.25) is 9.36 Å². The number of hydrogen-bond donors (Lipinski definition) is 1. The molecule has 4 aromatic rings. The van der Waals surface area contributed by atoms with Crippen molar-refractivity contribution in [3.05, 3.63) is 81.7 Å². The van der Waals surface area contributed by atoms with Crippen LogP contribution in [0.2, 0.25) is 5.02 Å². The maximum Gasteiger partial charge on any atom is 0.234 e. The number of rotatable bonds is 7. The topological polar surface area (TPSA) is 73.0 Å². The molecule has 0 spiro atoms. The Hall–Kier alpha value is -2.55. The van der Waals surface area contributed by atoms with E-state index in [4.69, 9.17) is 16.0 Å². The minimum absolute atomic E-state index is 0.138. The van der Waals surface area contributed by atoms with Crippen LogP contribution in [0, 0.1) is 6.92 Å². The Kier molecular flexibility index (Phi) is 6.80. The van der Waals surface area contributed by atoms with E-state index in [9.17, 15) is 4.79 Å². The summed E-state index contributed by atoms with van der Waals surface area (Å²) >= 11 is 11.2. The number of carbonyl (C=O) groups is 1. The number of thioether (sulfide) groups is 1. The molecule has 0 unspecified atom stereocenters. The zero-order chi connectivity index (χ0) is 21.8. The second-order valence-electron chi connectivity index (χ2n) is 6.77. The van der Waals surface area contributed by atoms with E-state index in [-0.39, 0.29) is 11.7 Å². The summed E-state index contributed by atoms with van der Waals surface area (Å²) in [6.45, 7) is 2.42. The van der Waals surface area contributed by atoms with E-state index >= 15 is 0 Å². The first-order chi connectivity index (χ1) is 15.0. The van der Waals surface area contributed by atoms with E-state index in [0.717, 1.165) is 27.0 Å². The van der Waals surface area contributed by atoms with Crippen molar-refractivity contribution >= 4 is 50.9 Å². The molecule has 2 aromatic heterocycles. The highest BCUT2D eigenvalue weighted by Gasteiger charge is 2.19. The largest absolute Gasteiger partial charge is 0.467 e. The van der Waals surface area contributed by atoms with Crippen molar-refractivity contribution in [2.75, 3.05) is 11.1 Å². The van der Waals surface area contributed by atoms with Crippen LogP contribution in [0.3, 0.4) is 0 Å². The molecule has 2 heterocycles. The second-order valence-corrected chi connectivity index (χ2v) is 8.98. The van der Waals surface area contributed by atoms with Crippen molar-refractivity contribution in [1.29, 1.82) is 0 Å². The fraction of sp³-hybridized carbons (Fsp3) is 0.136. The summed E-state index contributed by atoms with van der Waals surface area (Å²) in [5.41, 5.74) is 2.60. The number of carbonyl (C=O) groups excluding carboxylic acids is 1. The van der Waals surface area contributed by atoms with Gasteiger partial charge >= 0.3 is 0 Å². The van der Waals surface area contributed by atoms with Crippen LogP contribution in [0.5, 0.6) is 0 Å². The van der Waals surface area contributed by atoms with Gasteiger partial charge in [0.15, 0.2) is 11.0 Å². The van der Waals surface area contributed by atoms with Crippen LogP contribution in [-0.4, -0.2) is 26.4 Å². The molecular formula is C22H18BrClN4O2S. The van der Waals surface area contributed by atoms with Gasteiger partial charge in [0.25, 0.3) is 0 Å². The third-order valence-electron chi connectivity index (χ3n) is 4.46. The van der Waals surface area contributed by atoms with Crippen molar-refractivity contribution in [1.82, 2.24) is 14.8 Å². The van der Waals surface area contributed by atoms with Crippen LogP contribution >= 0.6 is 39.3 Å². The number of nitrogens with zero attached hydrogens (tertiary/aromatic N) is 3. The molecule has 0 bridgehead atoms. The number of furan rings is 1. The Morgan fingerprint density at radius 2 is 2.03 bits per heavy atom. The number of aryl methyl sites for hydroxylation is 1. The standard InChI is InChI=1S/C22H18BrClN4O2S/c1-14-8-9-19(17(23)11-14)25-20(29)13-31-22-27-26-21(16-6-2-3-7-18(16)24)28(22)12-15-5-4-10-30-15/h2-11H,12-13H2,1H3,(H,25,29). The van der Waals surface area contributed by atoms with E-state index < -0.39 is 0 Å². The lowest BCUT2D eigenvalue weighted by molar-refractivity contribution is -0.113. The normalized spacial score (nSPS) is 10.9. The Balaban J connectivity index is 1.55. The first-order valence-corrected chi connectivity index (χ1v) is 11.6. The third-order valence-corrected chi connectivity index (χ3v) is 6.41. The predicted octanol–water partition coefficient (Wildman–Crippen LogP) is 6.04. The van der Waals surface area contributed by atoms with Gasteiger partial charge in [0.05, 0.1) is 29.3 Å². The highest BCUT2D eigenvalue weighted by Crippen LogP contribution is 2.30. The molecule has 1 amide bonds. The number of hydrogen-bond acceptors (Lipinski definition) is 5. The lowest BCUT2D eigenvalue weighted by Gasteiger charge is -2.10. The number of amides is 1. The Morgan fingerprint density at radius 3 is 2.77 bits per heavy atom. The van der Waals surface area contributed by atoms with Crippen LogP contribution < -0.4 is 5.32 Å². The number of benzene rings is 2. The summed E-state index contributed by atoms with van der Waals surface area (Å²) in [5, 5.41) is 12.7. The van der Waals surface area contributed by atoms with E-state index in [1.54, 1.807) is 6.26 Å².